The first-order valence-corrected chi connectivity index (χ1v) is 9.00. The lowest BCUT2D eigenvalue weighted by Crippen LogP contribution is -2.46. The lowest BCUT2D eigenvalue weighted by Gasteiger charge is -2.35. The van der Waals surface area contributed by atoms with Gasteiger partial charge in [-0.1, -0.05) is 32.0 Å². The molecule has 1 heterocycles. The van der Waals surface area contributed by atoms with E-state index in [0.29, 0.717) is 6.54 Å². The van der Waals surface area contributed by atoms with Crippen LogP contribution in [0.3, 0.4) is 0 Å². The Morgan fingerprint density at radius 3 is 2.52 bits per heavy atom. The van der Waals surface area contributed by atoms with Gasteiger partial charge in [0.1, 0.15) is 0 Å². The number of alkyl halides is 3. The Labute approximate surface area is 147 Å². The molecule has 0 radical (unpaired) electrons. The van der Waals surface area contributed by atoms with Gasteiger partial charge < -0.3 is 10.2 Å². The first-order chi connectivity index (χ1) is 11.8. The van der Waals surface area contributed by atoms with E-state index in [-0.39, 0.29) is 23.9 Å². The van der Waals surface area contributed by atoms with Crippen molar-refractivity contribution in [2.45, 2.75) is 57.7 Å². The van der Waals surface area contributed by atoms with E-state index in [4.69, 9.17) is 0 Å². The Morgan fingerprint density at radius 1 is 1.28 bits per heavy atom. The number of carbonyl (C=O) groups is 1. The maximum atomic E-state index is 13.2. The average molecular weight is 356 g/mol. The maximum Gasteiger partial charge on any atom is 0.416 e. The van der Waals surface area contributed by atoms with E-state index in [2.05, 4.69) is 5.32 Å². The third kappa shape index (κ3) is 5.21. The van der Waals surface area contributed by atoms with Crippen LogP contribution in [0.15, 0.2) is 24.3 Å². The summed E-state index contributed by atoms with van der Waals surface area (Å²) in [4.78, 5) is 14.7. The number of hydrogen-bond donors (Lipinski definition) is 1. The normalized spacial score (nSPS) is 17.3. The van der Waals surface area contributed by atoms with Crippen molar-refractivity contribution in [1.82, 2.24) is 10.2 Å². The van der Waals surface area contributed by atoms with Crippen LogP contribution < -0.4 is 5.32 Å². The Balaban J connectivity index is 2.12. The number of nitrogens with one attached hydrogen (secondary N) is 1. The molecule has 1 aliphatic rings. The van der Waals surface area contributed by atoms with Crippen LogP contribution in [0.2, 0.25) is 0 Å². The second kappa shape index (κ2) is 8.70. The summed E-state index contributed by atoms with van der Waals surface area (Å²) in [5, 5.41) is 3.28. The minimum atomic E-state index is -4.40. The SMILES string of the molecule is CCCN(C(=O)CC(C)c1ccccc1C(F)(F)F)C1CCNCC1. The van der Waals surface area contributed by atoms with E-state index in [1.54, 1.807) is 13.0 Å². The molecule has 0 aliphatic carbocycles. The van der Waals surface area contributed by atoms with Gasteiger partial charge >= 0.3 is 6.18 Å². The van der Waals surface area contributed by atoms with Crippen molar-refractivity contribution in [2.75, 3.05) is 19.6 Å². The predicted octanol–water partition coefficient (Wildman–Crippen LogP) is 4.19. The van der Waals surface area contributed by atoms with Crippen LogP contribution >= 0.6 is 0 Å². The molecule has 0 aromatic heterocycles. The highest BCUT2D eigenvalue weighted by molar-refractivity contribution is 5.77. The quantitative estimate of drug-likeness (QED) is 0.829. The fraction of sp³-hybridized carbons (Fsp3) is 0.632. The number of amides is 1. The Bertz CT molecular complexity index is 568. The molecule has 2 rings (SSSR count). The number of carbonyl (C=O) groups excluding carboxylic acids is 1. The summed E-state index contributed by atoms with van der Waals surface area (Å²) in [6.45, 7) is 6.14. The molecule has 140 valence electrons. The number of hydrogen-bond acceptors (Lipinski definition) is 2. The van der Waals surface area contributed by atoms with E-state index in [0.717, 1.165) is 38.4 Å². The molecule has 1 N–H and O–H groups in total. The molecule has 3 nitrogen and oxygen atoms in total. The van der Waals surface area contributed by atoms with Crippen molar-refractivity contribution < 1.29 is 18.0 Å². The summed E-state index contributed by atoms with van der Waals surface area (Å²) in [5.74, 6) is -0.510. The summed E-state index contributed by atoms with van der Waals surface area (Å²) >= 11 is 0. The summed E-state index contributed by atoms with van der Waals surface area (Å²) in [5.41, 5.74) is -0.440. The van der Waals surface area contributed by atoms with E-state index >= 15 is 0 Å². The second-order valence-electron chi connectivity index (χ2n) is 6.76. The third-order valence-electron chi connectivity index (χ3n) is 4.81. The monoisotopic (exact) mass is 356 g/mol. The molecule has 1 aliphatic heterocycles. The molecule has 0 bridgehead atoms. The van der Waals surface area contributed by atoms with Gasteiger partial charge in [0.2, 0.25) is 5.91 Å². The highest BCUT2D eigenvalue weighted by Crippen LogP contribution is 2.36. The van der Waals surface area contributed by atoms with Crippen LogP contribution in [-0.2, 0) is 11.0 Å². The van der Waals surface area contributed by atoms with Crippen LogP contribution in [0, 0.1) is 0 Å². The van der Waals surface area contributed by atoms with Crippen LogP contribution in [0.1, 0.15) is 56.6 Å². The van der Waals surface area contributed by atoms with Crippen molar-refractivity contribution in [2.24, 2.45) is 0 Å². The smallest absolute Gasteiger partial charge is 0.340 e. The number of halogens is 3. The Morgan fingerprint density at radius 2 is 1.92 bits per heavy atom. The molecule has 25 heavy (non-hydrogen) atoms. The van der Waals surface area contributed by atoms with Gasteiger partial charge in [0.25, 0.3) is 0 Å². The van der Waals surface area contributed by atoms with Gasteiger partial charge in [-0.05, 0) is 49.9 Å². The molecule has 0 spiro atoms. The number of piperidine rings is 1. The summed E-state index contributed by atoms with van der Waals surface area (Å²) < 4.78 is 39.6. The van der Waals surface area contributed by atoms with Gasteiger partial charge in [-0.2, -0.15) is 13.2 Å². The number of rotatable bonds is 6. The fourth-order valence-electron chi connectivity index (χ4n) is 3.54. The van der Waals surface area contributed by atoms with Crippen LogP contribution in [0.4, 0.5) is 13.2 Å². The number of benzene rings is 1. The molecule has 1 aromatic rings. The van der Waals surface area contributed by atoms with Crippen LogP contribution in [0.5, 0.6) is 0 Å². The Kier molecular flexibility index (Phi) is 6.87. The van der Waals surface area contributed by atoms with Crippen molar-refractivity contribution in [1.29, 1.82) is 0 Å². The van der Waals surface area contributed by atoms with Gasteiger partial charge in [-0.3, -0.25) is 4.79 Å². The van der Waals surface area contributed by atoms with E-state index < -0.39 is 17.7 Å². The first kappa shape index (κ1) is 19.8. The van der Waals surface area contributed by atoms with Crippen molar-refractivity contribution in [3.63, 3.8) is 0 Å². The minimum Gasteiger partial charge on any atom is -0.340 e. The topological polar surface area (TPSA) is 32.3 Å². The maximum absolute atomic E-state index is 13.2. The molecule has 1 unspecified atom stereocenters. The van der Waals surface area contributed by atoms with Gasteiger partial charge in [0.05, 0.1) is 5.56 Å². The molecule has 0 saturated carbocycles. The molecule has 1 aromatic carbocycles. The van der Waals surface area contributed by atoms with E-state index in [1.807, 2.05) is 11.8 Å². The third-order valence-corrected chi connectivity index (χ3v) is 4.81. The Hall–Kier alpha value is -1.56. The lowest BCUT2D eigenvalue weighted by molar-refractivity contribution is -0.139. The first-order valence-electron chi connectivity index (χ1n) is 9.00. The van der Waals surface area contributed by atoms with Crippen LogP contribution in [-0.4, -0.2) is 36.5 Å². The van der Waals surface area contributed by atoms with Gasteiger partial charge in [0, 0.05) is 19.0 Å². The van der Waals surface area contributed by atoms with Gasteiger partial charge in [0.15, 0.2) is 0 Å². The lowest BCUT2D eigenvalue weighted by atomic mass is 9.91. The fourth-order valence-corrected chi connectivity index (χ4v) is 3.54. The van der Waals surface area contributed by atoms with E-state index in [1.165, 1.54) is 12.1 Å². The van der Waals surface area contributed by atoms with Crippen molar-refractivity contribution in [3.05, 3.63) is 35.4 Å². The summed E-state index contributed by atoms with van der Waals surface area (Å²) in [7, 11) is 0. The molecule has 1 amide bonds. The molecule has 1 atom stereocenters. The standard InChI is InChI=1S/C19H27F3N2O/c1-3-12-24(15-8-10-23-11-9-15)18(25)13-14(2)16-6-4-5-7-17(16)19(20,21)22/h4-7,14-15,23H,3,8-13H2,1-2H3. The zero-order valence-electron chi connectivity index (χ0n) is 14.9. The van der Waals surface area contributed by atoms with Gasteiger partial charge in [-0.15, -0.1) is 0 Å². The molecule has 1 fully saturated rings. The summed E-state index contributed by atoms with van der Waals surface area (Å²) in [6.07, 6.45) is -1.63. The predicted molar refractivity (Wildman–Crippen MR) is 92.4 cm³/mol. The molecule has 1 saturated heterocycles. The zero-order valence-corrected chi connectivity index (χ0v) is 14.9. The molecular formula is C19H27F3N2O. The molecule has 6 heteroatoms. The average Bonchev–Trinajstić information content (AvgIpc) is 2.59. The largest absolute Gasteiger partial charge is 0.416 e. The molecular weight excluding hydrogens is 329 g/mol. The van der Waals surface area contributed by atoms with E-state index in [9.17, 15) is 18.0 Å². The zero-order chi connectivity index (χ0) is 18.4. The highest BCUT2D eigenvalue weighted by Gasteiger charge is 2.35. The highest BCUT2D eigenvalue weighted by atomic mass is 19.4. The van der Waals surface area contributed by atoms with Crippen molar-refractivity contribution in [3.8, 4) is 0 Å². The van der Waals surface area contributed by atoms with Crippen molar-refractivity contribution >= 4 is 5.91 Å². The van der Waals surface area contributed by atoms with Gasteiger partial charge in [-0.25, -0.2) is 0 Å². The van der Waals surface area contributed by atoms with Crippen LogP contribution in [0.25, 0.3) is 0 Å². The number of nitrogens with zero attached hydrogens (tertiary/aromatic N) is 1. The summed E-state index contributed by atoms with van der Waals surface area (Å²) in [6, 6.07) is 5.75. The second-order valence-corrected chi connectivity index (χ2v) is 6.76. The minimum absolute atomic E-state index is 0.0433.